The van der Waals surface area contributed by atoms with Crippen molar-refractivity contribution in [1.29, 1.82) is 0 Å². The SMILES string of the molecule is CCC=CC(=O)CC(C)CC(C)(C)C. The van der Waals surface area contributed by atoms with Crippen LogP contribution >= 0.6 is 0 Å². The van der Waals surface area contributed by atoms with Gasteiger partial charge in [-0.2, -0.15) is 0 Å². The molecule has 0 spiro atoms. The lowest BCUT2D eigenvalue weighted by Gasteiger charge is -2.22. The summed E-state index contributed by atoms with van der Waals surface area (Å²) in [6.07, 6.45) is 6.40. The summed E-state index contributed by atoms with van der Waals surface area (Å²) in [5.74, 6) is 0.757. The largest absolute Gasteiger partial charge is 0.295 e. The van der Waals surface area contributed by atoms with E-state index >= 15 is 0 Å². The highest BCUT2D eigenvalue weighted by Crippen LogP contribution is 2.25. The predicted molar refractivity (Wildman–Crippen MR) is 62.3 cm³/mol. The quantitative estimate of drug-likeness (QED) is 0.608. The van der Waals surface area contributed by atoms with Crippen LogP contribution in [0.3, 0.4) is 0 Å². The van der Waals surface area contributed by atoms with Gasteiger partial charge in [0.25, 0.3) is 0 Å². The number of carbonyl (C=O) groups is 1. The normalized spacial score (nSPS) is 14.6. The summed E-state index contributed by atoms with van der Waals surface area (Å²) in [6, 6.07) is 0. The van der Waals surface area contributed by atoms with Crippen LogP contribution in [-0.2, 0) is 4.79 Å². The average Bonchev–Trinajstić information content (AvgIpc) is 1.96. The van der Waals surface area contributed by atoms with Crippen molar-refractivity contribution >= 4 is 5.78 Å². The van der Waals surface area contributed by atoms with Gasteiger partial charge in [0.05, 0.1) is 0 Å². The second-order valence-corrected chi connectivity index (χ2v) is 5.35. The third kappa shape index (κ3) is 8.03. The molecular weight excluding hydrogens is 172 g/mol. The zero-order chi connectivity index (χ0) is 11.2. The van der Waals surface area contributed by atoms with Gasteiger partial charge in [-0.25, -0.2) is 0 Å². The molecule has 1 heteroatoms. The molecule has 0 amide bonds. The van der Waals surface area contributed by atoms with E-state index in [1.807, 2.05) is 13.0 Å². The van der Waals surface area contributed by atoms with E-state index < -0.39 is 0 Å². The maximum absolute atomic E-state index is 11.4. The molecule has 0 aliphatic rings. The van der Waals surface area contributed by atoms with Crippen molar-refractivity contribution in [2.24, 2.45) is 11.3 Å². The van der Waals surface area contributed by atoms with Crippen molar-refractivity contribution in [1.82, 2.24) is 0 Å². The molecule has 1 unspecified atom stereocenters. The highest BCUT2D eigenvalue weighted by molar-refractivity contribution is 5.89. The lowest BCUT2D eigenvalue weighted by atomic mass is 9.83. The molecule has 0 aliphatic carbocycles. The fourth-order valence-electron chi connectivity index (χ4n) is 1.78. The Bertz CT molecular complexity index is 196. The highest BCUT2D eigenvalue weighted by Gasteiger charge is 2.16. The molecule has 0 radical (unpaired) electrons. The van der Waals surface area contributed by atoms with E-state index in [2.05, 4.69) is 27.7 Å². The molecule has 0 aromatic heterocycles. The molecule has 0 N–H and O–H groups in total. The number of allylic oxidation sites excluding steroid dienone is 2. The standard InChI is InChI=1S/C13H24O/c1-6-7-8-12(14)9-11(2)10-13(3,4)5/h7-8,11H,6,9-10H2,1-5H3. The van der Waals surface area contributed by atoms with Gasteiger partial charge in [0.2, 0.25) is 0 Å². The summed E-state index contributed by atoms with van der Waals surface area (Å²) in [5.41, 5.74) is 0.328. The van der Waals surface area contributed by atoms with E-state index in [1.54, 1.807) is 6.08 Å². The van der Waals surface area contributed by atoms with Crippen LogP contribution < -0.4 is 0 Å². The molecule has 0 fully saturated rings. The van der Waals surface area contributed by atoms with Gasteiger partial charge in [0, 0.05) is 6.42 Å². The van der Waals surface area contributed by atoms with Crippen molar-refractivity contribution in [3.05, 3.63) is 12.2 Å². The maximum Gasteiger partial charge on any atom is 0.155 e. The second-order valence-electron chi connectivity index (χ2n) is 5.35. The van der Waals surface area contributed by atoms with E-state index in [4.69, 9.17) is 0 Å². The first-order valence-electron chi connectivity index (χ1n) is 5.54. The highest BCUT2D eigenvalue weighted by atomic mass is 16.1. The zero-order valence-corrected chi connectivity index (χ0v) is 10.3. The molecule has 82 valence electrons. The molecule has 1 nitrogen and oxygen atoms in total. The fraction of sp³-hybridized carbons (Fsp3) is 0.769. The number of hydrogen-bond donors (Lipinski definition) is 0. The van der Waals surface area contributed by atoms with Crippen molar-refractivity contribution in [2.45, 2.75) is 53.9 Å². The van der Waals surface area contributed by atoms with E-state index in [9.17, 15) is 4.79 Å². The molecule has 0 aliphatic heterocycles. The van der Waals surface area contributed by atoms with E-state index in [0.717, 1.165) is 12.8 Å². The van der Waals surface area contributed by atoms with Crippen LogP contribution in [-0.4, -0.2) is 5.78 Å². The van der Waals surface area contributed by atoms with Crippen LogP contribution in [0.1, 0.15) is 53.9 Å². The number of hydrogen-bond acceptors (Lipinski definition) is 1. The van der Waals surface area contributed by atoms with Gasteiger partial charge < -0.3 is 0 Å². The Hall–Kier alpha value is -0.590. The summed E-state index contributed by atoms with van der Waals surface area (Å²) in [6.45, 7) is 10.9. The minimum atomic E-state index is 0.267. The number of ketones is 1. The molecule has 0 heterocycles. The molecular formula is C13H24O. The maximum atomic E-state index is 11.4. The fourth-order valence-corrected chi connectivity index (χ4v) is 1.78. The number of carbonyl (C=O) groups excluding carboxylic acids is 1. The lowest BCUT2D eigenvalue weighted by molar-refractivity contribution is -0.115. The molecule has 0 bridgehead atoms. The Morgan fingerprint density at radius 3 is 2.36 bits per heavy atom. The van der Waals surface area contributed by atoms with Gasteiger partial charge in [0.15, 0.2) is 5.78 Å². The van der Waals surface area contributed by atoms with Crippen LogP contribution in [0.2, 0.25) is 0 Å². The predicted octanol–water partition coefficient (Wildman–Crippen LogP) is 3.98. The summed E-state index contributed by atoms with van der Waals surface area (Å²) < 4.78 is 0. The molecule has 1 atom stereocenters. The minimum absolute atomic E-state index is 0.267. The van der Waals surface area contributed by atoms with Gasteiger partial charge >= 0.3 is 0 Å². The Labute approximate surface area is 88.6 Å². The summed E-state index contributed by atoms with van der Waals surface area (Å²) in [4.78, 5) is 11.4. The van der Waals surface area contributed by atoms with Gasteiger partial charge in [-0.15, -0.1) is 0 Å². The van der Waals surface area contributed by atoms with Crippen LogP contribution in [0.4, 0.5) is 0 Å². The number of rotatable bonds is 5. The summed E-state index contributed by atoms with van der Waals surface area (Å²) in [7, 11) is 0. The molecule has 0 aromatic rings. The van der Waals surface area contributed by atoms with Gasteiger partial charge in [0.1, 0.15) is 0 Å². The first-order chi connectivity index (χ1) is 6.35. The smallest absolute Gasteiger partial charge is 0.155 e. The summed E-state index contributed by atoms with van der Waals surface area (Å²) in [5, 5.41) is 0. The van der Waals surface area contributed by atoms with E-state index in [0.29, 0.717) is 17.8 Å². The van der Waals surface area contributed by atoms with E-state index in [-0.39, 0.29) is 5.78 Å². The van der Waals surface area contributed by atoms with Gasteiger partial charge in [-0.3, -0.25) is 4.79 Å². The Kier molecular flexibility index (Phi) is 5.75. The van der Waals surface area contributed by atoms with Gasteiger partial charge in [-0.1, -0.05) is 40.7 Å². The first-order valence-corrected chi connectivity index (χ1v) is 5.54. The average molecular weight is 196 g/mol. The molecule has 0 saturated carbocycles. The Morgan fingerprint density at radius 2 is 1.93 bits per heavy atom. The summed E-state index contributed by atoms with van der Waals surface area (Å²) >= 11 is 0. The monoisotopic (exact) mass is 196 g/mol. The molecule has 0 rings (SSSR count). The van der Waals surface area contributed by atoms with Crippen LogP contribution in [0.5, 0.6) is 0 Å². The van der Waals surface area contributed by atoms with E-state index in [1.165, 1.54) is 0 Å². The van der Waals surface area contributed by atoms with Gasteiger partial charge in [-0.05, 0) is 30.3 Å². The molecule has 0 saturated heterocycles. The zero-order valence-electron chi connectivity index (χ0n) is 10.3. The van der Waals surface area contributed by atoms with Crippen molar-refractivity contribution < 1.29 is 4.79 Å². The Morgan fingerprint density at radius 1 is 1.36 bits per heavy atom. The van der Waals surface area contributed by atoms with Crippen molar-refractivity contribution in [2.75, 3.05) is 0 Å². The molecule has 0 aromatic carbocycles. The lowest BCUT2D eigenvalue weighted by Crippen LogP contribution is -2.13. The van der Waals surface area contributed by atoms with Crippen molar-refractivity contribution in [3.8, 4) is 0 Å². The Balaban J connectivity index is 3.88. The minimum Gasteiger partial charge on any atom is -0.295 e. The molecule has 14 heavy (non-hydrogen) atoms. The van der Waals surface area contributed by atoms with Crippen LogP contribution in [0.25, 0.3) is 0 Å². The topological polar surface area (TPSA) is 17.1 Å². The first kappa shape index (κ1) is 13.4. The van der Waals surface area contributed by atoms with Crippen molar-refractivity contribution in [3.63, 3.8) is 0 Å². The third-order valence-electron chi connectivity index (χ3n) is 2.05. The van der Waals surface area contributed by atoms with Crippen LogP contribution in [0.15, 0.2) is 12.2 Å². The van der Waals surface area contributed by atoms with Crippen LogP contribution in [0, 0.1) is 11.3 Å². The third-order valence-corrected chi connectivity index (χ3v) is 2.05. The second kappa shape index (κ2) is 6.00.